The summed E-state index contributed by atoms with van der Waals surface area (Å²) in [7, 11) is 1.72. The Balaban J connectivity index is 2.13. The van der Waals surface area contributed by atoms with Gasteiger partial charge in [0.1, 0.15) is 0 Å². The van der Waals surface area contributed by atoms with Crippen LogP contribution in [0.2, 0.25) is 0 Å². The van der Waals surface area contributed by atoms with Gasteiger partial charge in [0.25, 0.3) is 0 Å². The summed E-state index contributed by atoms with van der Waals surface area (Å²) in [6.45, 7) is 0. The number of anilines is 1. The molecule has 0 saturated heterocycles. The van der Waals surface area contributed by atoms with Crippen molar-refractivity contribution in [1.29, 1.82) is 0 Å². The minimum absolute atomic E-state index is 0.137. The van der Waals surface area contributed by atoms with Gasteiger partial charge in [-0.15, -0.1) is 0 Å². The van der Waals surface area contributed by atoms with Crippen LogP contribution >= 0.6 is 0 Å². The van der Waals surface area contributed by atoms with E-state index in [4.69, 9.17) is 4.74 Å². The lowest BCUT2D eigenvalue weighted by Crippen LogP contribution is -2.00. The van der Waals surface area contributed by atoms with Crippen LogP contribution in [0.15, 0.2) is 48.5 Å². The standard InChI is InChI=1S/C15H12FN3O/c1-17-15-18-12-8-4-2-6-10(12)14(19-15)20-13-9-5-3-7-11(13)16/h2-9H,1H3,(H,17,18,19). The van der Waals surface area contributed by atoms with E-state index >= 15 is 0 Å². The Morgan fingerprint density at radius 3 is 2.55 bits per heavy atom. The Hall–Kier alpha value is -2.69. The number of ether oxygens (including phenoxy) is 1. The van der Waals surface area contributed by atoms with Crippen molar-refractivity contribution in [3.63, 3.8) is 0 Å². The molecule has 0 aliphatic heterocycles. The highest BCUT2D eigenvalue weighted by Crippen LogP contribution is 2.29. The first-order chi connectivity index (χ1) is 9.78. The molecule has 4 nitrogen and oxygen atoms in total. The van der Waals surface area contributed by atoms with Crippen molar-refractivity contribution in [2.45, 2.75) is 0 Å². The van der Waals surface area contributed by atoms with Crippen LogP contribution in [0.5, 0.6) is 11.6 Å². The molecule has 3 rings (SSSR count). The number of halogens is 1. The fourth-order valence-corrected chi connectivity index (χ4v) is 1.87. The Labute approximate surface area is 115 Å². The number of fused-ring (bicyclic) bond motifs is 1. The molecule has 0 saturated carbocycles. The molecule has 0 atom stereocenters. The third-order valence-corrected chi connectivity index (χ3v) is 2.84. The number of para-hydroxylation sites is 2. The van der Waals surface area contributed by atoms with Gasteiger partial charge in [-0.05, 0) is 24.3 Å². The maximum absolute atomic E-state index is 13.7. The Morgan fingerprint density at radius 1 is 1.00 bits per heavy atom. The third-order valence-electron chi connectivity index (χ3n) is 2.84. The molecule has 0 spiro atoms. The topological polar surface area (TPSA) is 47.0 Å². The van der Waals surface area contributed by atoms with Gasteiger partial charge in [0.2, 0.25) is 11.8 Å². The molecule has 3 aromatic rings. The van der Waals surface area contributed by atoms with Crippen molar-refractivity contribution < 1.29 is 9.13 Å². The molecule has 0 fully saturated rings. The van der Waals surface area contributed by atoms with E-state index in [1.54, 1.807) is 25.2 Å². The van der Waals surface area contributed by atoms with Crippen molar-refractivity contribution in [3.05, 3.63) is 54.3 Å². The first-order valence-electron chi connectivity index (χ1n) is 6.15. The minimum Gasteiger partial charge on any atom is -0.435 e. The van der Waals surface area contributed by atoms with Gasteiger partial charge >= 0.3 is 0 Å². The molecule has 20 heavy (non-hydrogen) atoms. The summed E-state index contributed by atoms with van der Waals surface area (Å²) in [4.78, 5) is 8.57. The van der Waals surface area contributed by atoms with Gasteiger partial charge in [0, 0.05) is 7.05 Å². The van der Waals surface area contributed by atoms with E-state index in [9.17, 15) is 4.39 Å². The number of hydrogen-bond donors (Lipinski definition) is 1. The quantitative estimate of drug-likeness (QED) is 0.789. The second kappa shape index (κ2) is 5.13. The molecule has 2 aromatic carbocycles. The van der Waals surface area contributed by atoms with E-state index in [0.29, 0.717) is 11.8 Å². The maximum Gasteiger partial charge on any atom is 0.232 e. The molecule has 0 unspecified atom stereocenters. The Bertz CT molecular complexity index is 761. The lowest BCUT2D eigenvalue weighted by atomic mass is 10.2. The molecule has 0 bridgehead atoms. The van der Waals surface area contributed by atoms with Crippen molar-refractivity contribution in [2.75, 3.05) is 12.4 Å². The summed E-state index contributed by atoms with van der Waals surface area (Å²) in [6.07, 6.45) is 0. The number of nitrogens with zero attached hydrogens (tertiary/aromatic N) is 2. The van der Waals surface area contributed by atoms with Gasteiger partial charge in [0.05, 0.1) is 10.9 Å². The molecular formula is C15H12FN3O. The SMILES string of the molecule is CNc1nc(Oc2ccccc2F)c2ccccc2n1. The molecule has 1 heterocycles. The van der Waals surface area contributed by atoms with Crippen LogP contribution in [-0.2, 0) is 0 Å². The molecule has 100 valence electrons. The molecule has 0 amide bonds. The number of hydrogen-bond acceptors (Lipinski definition) is 4. The van der Waals surface area contributed by atoms with Crippen molar-refractivity contribution in [3.8, 4) is 11.6 Å². The van der Waals surface area contributed by atoms with Crippen molar-refractivity contribution >= 4 is 16.9 Å². The molecule has 1 aromatic heterocycles. The monoisotopic (exact) mass is 269 g/mol. The predicted molar refractivity (Wildman–Crippen MR) is 75.6 cm³/mol. The zero-order valence-corrected chi connectivity index (χ0v) is 10.8. The first-order valence-corrected chi connectivity index (χ1v) is 6.15. The van der Waals surface area contributed by atoms with E-state index in [1.165, 1.54) is 6.07 Å². The number of aromatic nitrogens is 2. The van der Waals surface area contributed by atoms with E-state index in [1.807, 2.05) is 24.3 Å². The van der Waals surface area contributed by atoms with E-state index < -0.39 is 5.82 Å². The van der Waals surface area contributed by atoms with Crippen LogP contribution in [0, 0.1) is 5.82 Å². The van der Waals surface area contributed by atoms with E-state index in [-0.39, 0.29) is 5.75 Å². The molecule has 0 radical (unpaired) electrons. The molecule has 0 aliphatic rings. The molecule has 5 heteroatoms. The fourth-order valence-electron chi connectivity index (χ4n) is 1.87. The highest BCUT2D eigenvalue weighted by Gasteiger charge is 2.11. The lowest BCUT2D eigenvalue weighted by molar-refractivity contribution is 0.432. The van der Waals surface area contributed by atoms with Crippen LogP contribution in [0.3, 0.4) is 0 Å². The van der Waals surface area contributed by atoms with E-state index in [2.05, 4.69) is 15.3 Å². The average molecular weight is 269 g/mol. The summed E-state index contributed by atoms with van der Waals surface area (Å²) >= 11 is 0. The van der Waals surface area contributed by atoms with Crippen molar-refractivity contribution in [2.24, 2.45) is 0 Å². The van der Waals surface area contributed by atoms with Crippen LogP contribution in [0.1, 0.15) is 0 Å². The average Bonchev–Trinajstić information content (AvgIpc) is 2.49. The summed E-state index contributed by atoms with van der Waals surface area (Å²) in [5.41, 5.74) is 0.734. The summed E-state index contributed by atoms with van der Waals surface area (Å²) in [5, 5.41) is 3.60. The fraction of sp³-hybridized carbons (Fsp3) is 0.0667. The van der Waals surface area contributed by atoms with Gasteiger partial charge in [-0.3, -0.25) is 0 Å². The second-order valence-electron chi connectivity index (χ2n) is 4.15. The van der Waals surface area contributed by atoms with Gasteiger partial charge in [0.15, 0.2) is 11.6 Å². The van der Waals surface area contributed by atoms with Crippen molar-refractivity contribution in [1.82, 2.24) is 9.97 Å². The van der Waals surface area contributed by atoms with Gasteiger partial charge < -0.3 is 10.1 Å². The highest BCUT2D eigenvalue weighted by atomic mass is 19.1. The molecule has 0 aliphatic carbocycles. The maximum atomic E-state index is 13.7. The number of nitrogens with one attached hydrogen (secondary N) is 1. The van der Waals surface area contributed by atoms with Gasteiger partial charge in [-0.25, -0.2) is 9.37 Å². The highest BCUT2D eigenvalue weighted by molar-refractivity contribution is 5.84. The van der Waals surface area contributed by atoms with E-state index in [0.717, 1.165) is 10.9 Å². The summed E-state index contributed by atoms with van der Waals surface area (Å²) in [5.74, 6) is 0.458. The Morgan fingerprint density at radius 2 is 1.75 bits per heavy atom. The number of rotatable bonds is 3. The van der Waals surface area contributed by atoms with Crippen LogP contribution in [0.25, 0.3) is 10.9 Å². The van der Waals surface area contributed by atoms with Crippen LogP contribution in [-0.4, -0.2) is 17.0 Å². The van der Waals surface area contributed by atoms with Gasteiger partial charge in [-0.1, -0.05) is 24.3 Å². The summed E-state index contributed by atoms with van der Waals surface area (Å²) < 4.78 is 19.3. The van der Waals surface area contributed by atoms with Crippen LogP contribution < -0.4 is 10.1 Å². The minimum atomic E-state index is -0.429. The number of benzene rings is 2. The van der Waals surface area contributed by atoms with Gasteiger partial charge in [-0.2, -0.15) is 4.98 Å². The van der Waals surface area contributed by atoms with Crippen LogP contribution in [0.4, 0.5) is 10.3 Å². The predicted octanol–water partition coefficient (Wildman–Crippen LogP) is 3.60. The first kappa shape index (κ1) is 12.3. The molecular weight excluding hydrogens is 257 g/mol. The normalized spacial score (nSPS) is 10.5. The largest absolute Gasteiger partial charge is 0.435 e. The molecule has 1 N–H and O–H groups in total. The lowest BCUT2D eigenvalue weighted by Gasteiger charge is -2.10. The zero-order chi connectivity index (χ0) is 13.9. The zero-order valence-electron chi connectivity index (χ0n) is 10.8. The Kier molecular flexibility index (Phi) is 3.16. The third kappa shape index (κ3) is 2.25. The second-order valence-corrected chi connectivity index (χ2v) is 4.15. The smallest absolute Gasteiger partial charge is 0.232 e. The summed E-state index contributed by atoms with van der Waals surface area (Å²) in [6, 6.07) is 13.7.